The molecule has 1 aliphatic rings. The van der Waals surface area contributed by atoms with E-state index >= 15 is 0 Å². The number of amides is 1. The number of hydrogen-bond donors (Lipinski definition) is 1. The summed E-state index contributed by atoms with van der Waals surface area (Å²) in [5.41, 5.74) is 3.50. The maximum absolute atomic E-state index is 12.3. The number of nitrogens with zero attached hydrogens (tertiary/aromatic N) is 2. The number of carbonyl (C=O) groups excluding carboxylic acids is 1. The number of carbonyl (C=O) groups is 1. The molecule has 6 heteroatoms. The molecule has 0 bridgehead atoms. The minimum absolute atomic E-state index is 0.0170. The van der Waals surface area contributed by atoms with E-state index < -0.39 is 0 Å². The monoisotopic (exact) mass is 347 g/mol. The molecule has 1 aromatic heterocycles. The number of nitrogens with one attached hydrogen (secondary N) is 1. The summed E-state index contributed by atoms with van der Waals surface area (Å²) in [6, 6.07) is 8.95. The number of anilines is 1. The summed E-state index contributed by atoms with van der Waals surface area (Å²) in [4.78, 5) is 18.9. The number of rotatable bonds is 4. The van der Waals surface area contributed by atoms with Crippen molar-refractivity contribution in [3.63, 3.8) is 0 Å². The Morgan fingerprint density at radius 2 is 2.13 bits per heavy atom. The standard InChI is InChI=1S/C17H21N3OS2/c1-12-3-5-14(6-4-12)15-11-22-8-7-20(15)9-16(21)19-17-18-13(2)10-23-17/h3-6,10,15H,7-9,11H2,1-2H3,(H,18,19,21). The van der Waals surface area contributed by atoms with Crippen LogP contribution in [-0.4, -0.2) is 40.4 Å². The van der Waals surface area contributed by atoms with Crippen molar-refractivity contribution in [1.29, 1.82) is 0 Å². The molecule has 4 nitrogen and oxygen atoms in total. The van der Waals surface area contributed by atoms with E-state index in [2.05, 4.69) is 46.4 Å². The van der Waals surface area contributed by atoms with Crippen LogP contribution < -0.4 is 5.32 Å². The number of aryl methyl sites for hydroxylation is 2. The Morgan fingerprint density at radius 3 is 2.83 bits per heavy atom. The van der Waals surface area contributed by atoms with Crippen molar-refractivity contribution < 1.29 is 4.79 Å². The molecule has 1 unspecified atom stereocenters. The third-order valence-corrected chi connectivity index (χ3v) is 5.81. The SMILES string of the molecule is Cc1ccc(C2CSCCN2CC(=O)Nc2nc(C)cs2)cc1. The summed E-state index contributed by atoms with van der Waals surface area (Å²) in [5, 5.41) is 5.54. The van der Waals surface area contributed by atoms with Gasteiger partial charge in [-0.3, -0.25) is 9.69 Å². The van der Waals surface area contributed by atoms with E-state index in [1.807, 2.05) is 24.1 Å². The van der Waals surface area contributed by atoms with Gasteiger partial charge in [-0.1, -0.05) is 29.8 Å². The molecule has 1 fully saturated rings. The van der Waals surface area contributed by atoms with Gasteiger partial charge in [0.05, 0.1) is 12.2 Å². The maximum atomic E-state index is 12.3. The highest BCUT2D eigenvalue weighted by Crippen LogP contribution is 2.29. The largest absolute Gasteiger partial charge is 0.301 e. The fourth-order valence-electron chi connectivity index (χ4n) is 2.68. The van der Waals surface area contributed by atoms with E-state index in [4.69, 9.17) is 0 Å². The van der Waals surface area contributed by atoms with Crippen molar-refractivity contribution in [3.8, 4) is 0 Å². The molecule has 3 rings (SSSR count). The highest BCUT2D eigenvalue weighted by atomic mass is 32.2. The van der Waals surface area contributed by atoms with Crippen LogP contribution >= 0.6 is 23.1 Å². The molecule has 2 aromatic rings. The van der Waals surface area contributed by atoms with Gasteiger partial charge >= 0.3 is 0 Å². The van der Waals surface area contributed by atoms with Crippen LogP contribution in [-0.2, 0) is 4.79 Å². The van der Waals surface area contributed by atoms with Crippen molar-refractivity contribution in [2.75, 3.05) is 29.9 Å². The topological polar surface area (TPSA) is 45.2 Å². The van der Waals surface area contributed by atoms with Gasteiger partial charge in [0.1, 0.15) is 0 Å². The first kappa shape index (κ1) is 16.5. The number of aromatic nitrogens is 1. The highest BCUT2D eigenvalue weighted by Gasteiger charge is 2.26. The fraction of sp³-hybridized carbons (Fsp3) is 0.412. The molecular weight excluding hydrogens is 326 g/mol. The molecule has 23 heavy (non-hydrogen) atoms. The molecule has 1 amide bonds. The molecule has 1 aromatic carbocycles. The van der Waals surface area contributed by atoms with Crippen LogP contribution in [0.5, 0.6) is 0 Å². The van der Waals surface area contributed by atoms with Crippen LogP contribution in [0.1, 0.15) is 22.9 Å². The maximum Gasteiger partial charge on any atom is 0.240 e. The zero-order valence-electron chi connectivity index (χ0n) is 13.4. The van der Waals surface area contributed by atoms with Crippen molar-refractivity contribution in [1.82, 2.24) is 9.88 Å². The molecule has 0 spiro atoms. The van der Waals surface area contributed by atoms with Gasteiger partial charge in [0.25, 0.3) is 0 Å². The van der Waals surface area contributed by atoms with Crippen molar-refractivity contribution in [2.24, 2.45) is 0 Å². The van der Waals surface area contributed by atoms with Crippen LogP contribution in [0, 0.1) is 13.8 Å². The Balaban J connectivity index is 1.66. The van der Waals surface area contributed by atoms with E-state index in [1.165, 1.54) is 22.5 Å². The number of thioether (sulfide) groups is 1. The number of thiazole rings is 1. The zero-order chi connectivity index (χ0) is 16.2. The van der Waals surface area contributed by atoms with Crippen LogP contribution in [0.25, 0.3) is 0 Å². The minimum Gasteiger partial charge on any atom is -0.301 e. The van der Waals surface area contributed by atoms with Gasteiger partial charge in [-0.2, -0.15) is 11.8 Å². The molecule has 1 aliphatic heterocycles. The van der Waals surface area contributed by atoms with Crippen LogP contribution in [0.4, 0.5) is 5.13 Å². The second kappa shape index (κ2) is 7.47. The first-order chi connectivity index (χ1) is 11.1. The minimum atomic E-state index is 0.0170. The zero-order valence-corrected chi connectivity index (χ0v) is 15.0. The predicted octanol–water partition coefficient (Wildman–Crippen LogP) is 3.49. The summed E-state index contributed by atoms with van der Waals surface area (Å²) in [6.07, 6.45) is 0. The summed E-state index contributed by atoms with van der Waals surface area (Å²) < 4.78 is 0. The quantitative estimate of drug-likeness (QED) is 0.920. The molecule has 1 atom stereocenters. The molecule has 1 saturated heterocycles. The Bertz CT molecular complexity index is 669. The van der Waals surface area contributed by atoms with E-state index in [1.54, 1.807) is 0 Å². The third-order valence-electron chi connectivity index (χ3n) is 3.91. The smallest absolute Gasteiger partial charge is 0.240 e. The summed E-state index contributed by atoms with van der Waals surface area (Å²) >= 11 is 3.43. The highest BCUT2D eigenvalue weighted by molar-refractivity contribution is 7.99. The van der Waals surface area contributed by atoms with Gasteiger partial charge in [-0.05, 0) is 19.4 Å². The van der Waals surface area contributed by atoms with E-state index in [0.717, 1.165) is 23.7 Å². The Labute approximate surface area is 145 Å². The van der Waals surface area contributed by atoms with Crippen LogP contribution in [0.2, 0.25) is 0 Å². The van der Waals surface area contributed by atoms with Gasteiger partial charge < -0.3 is 5.32 Å². The van der Waals surface area contributed by atoms with Gasteiger partial charge in [0.2, 0.25) is 5.91 Å². The van der Waals surface area contributed by atoms with Crippen molar-refractivity contribution in [3.05, 3.63) is 46.5 Å². The van der Waals surface area contributed by atoms with E-state index in [0.29, 0.717) is 17.7 Å². The molecule has 1 N–H and O–H groups in total. The molecule has 0 saturated carbocycles. The molecular formula is C17H21N3OS2. The lowest BCUT2D eigenvalue weighted by molar-refractivity contribution is -0.117. The third kappa shape index (κ3) is 4.34. The lowest BCUT2D eigenvalue weighted by Gasteiger charge is -2.35. The summed E-state index contributed by atoms with van der Waals surface area (Å²) in [7, 11) is 0. The number of hydrogen-bond acceptors (Lipinski definition) is 5. The Hall–Kier alpha value is -1.37. The molecule has 122 valence electrons. The molecule has 2 heterocycles. The first-order valence-electron chi connectivity index (χ1n) is 7.72. The van der Waals surface area contributed by atoms with Gasteiger partial charge in [0.15, 0.2) is 5.13 Å². The average molecular weight is 348 g/mol. The van der Waals surface area contributed by atoms with Crippen molar-refractivity contribution >= 4 is 34.1 Å². The van der Waals surface area contributed by atoms with E-state index in [-0.39, 0.29) is 5.91 Å². The van der Waals surface area contributed by atoms with Gasteiger partial charge in [-0.15, -0.1) is 11.3 Å². The van der Waals surface area contributed by atoms with E-state index in [9.17, 15) is 4.79 Å². The fourth-order valence-corrected chi connectivity index (χ4v) is 4.54. The Morgan fingerprint density at radius 1 is 1.35 bits per heavy atom. The van der Waals surface area contributed by atoms with Gasteiger partial charge in [0, 0.05) is 29.5 Å². The lowest BCUT2D eigenvalue weighted by Crippen LogP contribution is -2.41. The molecule has 0 aliphatic carbocycles. The first-order valence-corrected chi connectivity index (χ1v) is 9.75. The van der Waals surface area contributed by atoms with Crippen molar-refractivity contribution in [2.45, 2.75) is 19.9 Å². The summed E-state index contributed by atoms with van der Waals surface area (Å²) in [5.74, 6) is 2.13. The average Bonchev–Trinajstić information content (AvgIpc) is 2.94. The lowest BCUT2D eigenvalue weighted by atomic mass is 10.0. The van der Waals surface area contributed by atoms with Crippen LogP contribution in [0.3, 0.4) is 0 Å². The normalized spacial score (nSPS) is 18.8. The van der Waals surface area contributed by atoms with Gasteiger partial charge in [-0.25, -0.2) is 4.98 Å². The predicted molar refractivity (Wildman–Crippen MR) is 98.3 cm³/mol. The second-order valence-corrected chi connectivity index (χ2v) is 7.82. The summed E-state index contributed by atoms with van der Waals surface area (Å²) in [6.45, 7) is 5.38. The molecule has 0 radical (unpaired) electrons. The van der Waals surface area contributed by atoms with Crippen LogP contribution in [0.15, 0.2) is 29.6 Å². The second-order valence-electron chi connectivity index (χ2n) is 5.81. The number of benzene rings is 1. The Kier molecular flexibility index (Phi) is 5.35.